The van der Waals surface area contributed by atoms with Gasteiger partial charge in [-0.05, 0) is 42.0 Å². The van der Waals surface area contributed by atoms with E-state index in [1.165, 1.54) is 42.4 Å². The molecule has 0 fully saturated rings. The summed E-state index contributed by atoms with van der Waals surface area (Å²) in [6, 6.07) is 21.1. The summed E-state index contributed by atoms with van der Waals surface area (Å²) in [6.45, 7) is 4.45. The fourth-order valence-corrected chi connectivity index (χ4v) is 2.85. The molecule has 2 aromatic carbocycles. The third kappa shape index (κ3) is 6.79. The predicted octanol–water partition coefficient (Wildman–Crippen LogP) is 7.39. The molecular weight excluding hydrogens is 312 g/mol. The predicted molar refractivity (Wildman–Crippen MR) is 114 cm³/mol. The maximum absolute atomic E-state index is 3.60. The minimum Gasteiger partial charge on any atom is -0.119 e. The van der Waals surface area contributed by atoms with E-state index >= 15 is 0 Å². The highest BCUT2D eigenvalue weighted by atomic mass is 14.2. The lowest BCUT2D eigenvalue weighted by molar-refractivity contribution is 0.757. The van der Waals surface area contributed by atoms with Crippen molar-refractivity contribution in [1.29, 1.82) is 0 Å². The maximum atomic E-state index is 3.60. The molecule has 0 heterocycles. The summed E-state index contributed by atoms with van der Waals surface area (Å²) >= 11 is 0. The van der Waals surface area contributed by atoms with Gasteiger partial charge >= 0.3 is 0 Å². The molecule has 2 aromatic rings. The van der Waals surface area contributed by atoms with Gasteiger partial charge in [-0.25, -0.2) is 0 Å². The summed E-state index contributed by atoms with van der Waals surface area (Å²) in [4.78, 5) is 0. The summed E-state index contributed by atoms with van der Waals surface area (Å²) in [7, 11) is 0. The largest absolute Gasteiger partial charge is 0.119 e. The lowest BCUT2D eigenvalue weighted by atomic mass is 9.88. The van der Waals surface area contributed by atoms with Crippen molar-refractivity contribution in [2.45, 2.75) is 58.3 Å². The number of hydrogen-bond donors (Lipinski definition) is 0. The molecule has 0 saturated carbocycles. The number of rotatable bonds is 8. The van der Waals surface area contributed by atoms with Crippen LogP contribution in [0.5, 0.6) is 0 Å². The fourth-order valence-electron chi connectivity index (χ4n) is 2.85. The van der Waals surface area contributed by atoms with Crippen molar-refractivity contribution in [2.75, 3.05) is 0 Å². The minimum absolute atomic E-state index is 0.138. The highest BCUT2D eigenvalue weighted by Crippen LogP contribution is 2.27. The molecule has 0 saturated heterocycles. The van der Waals surface area contributed by atoms with Crippen LogP contribution in [0, 0.1) is 11.8 Å². The van der Waals surface area contributed by atoms with Crippen LogP contribution in [-0.4, -0.2) is 0 Å². The number of hydrogen-bond acceptors (Lipinski definition) is 0. The molecule has 0 aromatic heterocycles. The molecule has 0 spiro atoms. The van der Waals surface area contributed by atoms with E-state index in [2.05, 4.69) is 92.1 Å². The van der Waals surface area contributed by atoms with Crippen molar-refractivity contribution in [1.82, 2.24) is 0 Å². The van der Waals surface area contributed by atoms with Gasteiger partial charge in [-0.15, -0.1) is 11.7 Å². The van der Waals surface area contributed by atoms with Crippen LogP contribution in [0.3, 0.4) is 0 Å². The molecule has 0 radical (unpaired) electrons. The first-order valence-electron chi connectivity index (χ1n) is 9.89. The first-order chi connectivity index (χ1) is 12.8. The van der Waals surface area contributed by atoms with Gasteiger partial charge in [0.15, 0.2) is 0 Å². The molecular formula is C26H30. The molecule has 1 atom stereocenters. The minimum atomic E-state index is 0.138. The Hall–Kier alpha value is -2.48. The van der Waals surface area contributed by atoms with E-state index in [0.717, 1.165) is 12.8 Å². The summed E-state index contributed by atoms with van der Waals surface area (Å²) in [5.74, 6) is 7.10. The normalized spacial score (nSPS) is 11.0. The van der Waals surface area contributed by atoms with Gasteiger partial charge in [0.2, 0.25) is 0 Å². The highest BCUT2D eigenvalue weighted by Gasteiger charge is 2.13. The van der Waals surface area contributed by atoms with Crippen molar-refractivity contribution in [3.63, 3.8) is 0 Å². The van der Waals surface area contributed by atoms with Crippen molar-refractivity contribution in [3.8, 4) is 11.8 Å². The molecule has 0 aliphatic heterocycles. The maximum Gasteiger partial charge on any atom is 0.0736 e. The molecule has 0 amide bonds. The Morgan fingerprint density at radius 2 is 1.54 bits per heavy atom. The highest BCUT2D eigenvalue weighted by molar-refractivity contribution is 5.50. The molecule has 0 bridgehead atoms. The Bertz CT molecular complexity index is 750. The van der Waals surface area contributed by atoms with E-state index in [9.17, 15) is 0 Å². The second-order valence-corrected chi connectivity index (χ2v) is 6.60. The third-order valence-corrected chi connectivity index (χ3v) is 4.41. The van der Waals surface area contributed by atoms with Gasteiger partial charge in [0, 0.05) is 6.42 Å². The van der Waals surface area contributed by atoms with Crippen LogP contribution in [0.4, 0.5) is 0 Å². The second kappa shape index (κ2) is 12.0. The van der Waals surface area contributed by atoms with Crippen molar-refractivity contribution in [3.05, 3.63) is 83.1 Å². The molecule has 0 aliphatic rings. The standard InChI is InChI=1S/C26H30/c1-3-5-7-14-20-26(24-18-12-9-13-19-24)25(17-6-4-2)22-21-23-15-10-8-11-16-23/h8-13,15-16,18-19,21,26H,3-7,17H2,1-2H3. The van der Waals surface area contributed by atoms with Crippen LogP contribution >= 0.6 is 0 Å². The number of allylic oxidation sites excluding steroid dienone is 1. The van der Waals surface area contributed by atoms with E-state index in [0.29, 0.717) is 0 Å². The zero-order chi connectivity index (χ0) is 18.5. The molecule has 26 heavy (non-hydrogen) atoms. The van der Waals surface area contributed by atoms with E-state index in [1.54, 1.807) is 0 Å². The van der Waals surface area contributed by atoms with Gasteiger partial charge in [-0.1, -0.05) is 93.3 Å². The van der Waals surface area contributed by atoms with Gasteiger partial charge in [-0.3, -0.25) is 0 Å². The van der Waals surface area contributed by atoms with E-state index in [4.69, 9.17) is 0 Å². The van der Waals surface area contributed by atoms with Crippen LogP contribution in [0.15, 0.2) is 72.0 Å². The first-order valence-corrected chi connectivity index (χ1v) is 9.89. The number of benzene rings is 2. The van der Waals surface area contributed by atoms with Gasteiger partial charge in [0.1, 0.15) is 0 Å². The second-order valence-electron chi connectivity index (χ2n) is 6.60. The fraction of sp³-hybridized carbons (Fsp3) is 0.346. The summed E-state index contributed by atoms with van der Waals surface area (Å²) < 4.78 is 0. The number of unbranched alkanes of at least 4 members (excludes halogenated alkanes) is 3. The molecule has 0 heteroatoms. The summed E-state index contributed by atoms with van der Waals surface area (Å²) in [6.07, 6.45) is 8.84. The Kier molecular flexibility index (Phi) is 9.13. The average molecular weight is 343 g/mol. The average Bonchev–Trinajstić information content (AvgIpc) is 2.70. The van der Waals surface area contributed by atoms with Crippen LogP contribution in [0.25, 0.3) is 6.08 Å². The Morgan fingerprint density at radius 3 is 2.19 bits per heavy atom. The van der Waals surface area contributed by atoms with Gasteiger partial charge in [0.25, 0.3) is 0 Å². The molecule has 2 rings (SSSR count). The first kappa shape index (κ1) is 19.8. The van der Waals surface area contributed by atoms with Crippen molar-refractivity contribution < 1.29 is 0 Å². The van der Waals surface area contributed by atoms with E-state index in [1.807, 2.05) is 6.07 Å². The zero-order valence-corrected chi connectivity index (χ0v) is 16.2. The van der Waals surface area contributed by atoms with Crippen LogP contribution in [0.1, 0.15) is 69.4 Å². The zero-order valence-electron chi connectivity index (χ0n) is 16.2. The van der Waals surface area contributed by atoms with E-state index < -0.39 is 0 Å². The van der Waals surface area contributed by atoms with Crippen LogP contribution in [0.2, 0.25) is 0 Å². The van der Waals surface area contributed by atoms with Crippen LogP contribution in [-0.2, 0) is 0 Å². The molecule has 1 unspecified atom stereocenters. The molecule has 0 N–H and O–H groups in total. The molecule has 0 aliphatic carbocycles. The molecule has 134 valence electrons. The van der Waals surface area contributed by atoms with Crippen molar-refractivity contribution >= 4 is 6.08 Å². The smallest absolute Gasteiger partial charge is 0.0736 e. The molecule has 0 nitrogen and oxygen atoms in total. The lowest BCUT2D eigenvalue weighted by Gasteiger charge is -2.14. The Labute approximate surface area is 159 Å². The topological polar surface area (TPSA) is 0 Å². The summed E-state index contributed by atoms with van der Waals surface area (Å²) in [5.41, 5.74) is 7.36. The van der Waals surface area contributed by atoms with Crippen molar-refractivity contribution in [2.24, 2.45) is 0 Å². The van der Waals surface area contributed by atoms with Crippen LogP contribution < -0.4 is 0 Å². The SMILES string of the molecule is CCCCC#CC(C(=C=Cc1ccccc1)CCCC)c1ccccc1. The van der Waals surface area contributed by atoms with Gasteiger partial charge < -0.3 is 0 Å². The lowest BCUT2D eigenvalue weighted by Crippen LogP contribution is -2.00. The Morgan fingerprint density at radius 1 is 0.885 bits per heavy atom. The van der Waals surface area contributed by atoms with Gasteiger partial charge in [0.05, 0.1) is 5.92 Å². The monoisotopic (exact) mass is 342 g/mol. The van der Waals surface area contributed by atoms with E-state index in [-0.39, 0.29) is 5.92 Å². The third-order valence-electron chi connectivity index (χ3n) is 4.41. The summed E-state index contributed by atoms with van der Waals surface area (Å²) in [5, 5.41) is 0. The Balaban J connectivity index is 2.39. The quantitative estimate of drug-likeness (QED) is 0.266. The van der Waals surface area contributed by atoms with Gasteiger partial charge in [-0.2, -0.15) is 0 Å².